The number of aliphatic hydroxyl groups excluding tert-OH is 1. The van der Waals surface area contributed by atoms with Crippen LogP contribution in [0.15, 0.2) is 67.7 Å². The first kappa shape index (κ1) is 20.3. The second-order valence-corrected chi connectivity index (χ2v) is 8.26. The lowest BCUT2D eigenvalue weighted by Gasteiger charge is -2.35. The molecule has 2 aromatic carbocycles. The summed E-state index contributed by atoms with van der Waals surface area (Å²) in [5, 5.41) is 12.7. The maximum absolute atomic E-state index is 13.4. The molecular weight excluding hydrogens is 404 g/mol. The molecule has 0 bridgehead atoms. The van der Waals surface area contributed by atoms with Gasteiger partial charge in [0.15, 0.2) is 11.2 Å². The second-order valence-electron chi connectivity index (χ2n) is 8.26. The standard InChI is InChI=1S/C27H24O5/c1-4-15-23(29)22-19(28)14-21(32-26(22)27(5-2,6-3)25(15)30)18-12-9-11-17-16-10-7-8-13-20(16)31-24(17)18/h7-14,29H,4-6H2,1-3H3. The van der Waals surface area contributed by atoms with Crippen molar-refractivity contribution >= 4 is 33.5 Å². The van der Waals surface area contributed by atoms with Gasteiger partial charge < -0.3 is 13.9 Å². The monoisotopic (exact) mass is 428 g/mol. The molecule has 32 heavy (non-hydrogen) atoms. The van der Waals surface area contributed by atoms with E-state index >= 15 is 0 Å². The molecule has 0 atom stereocenters. The van der Waals surface area contributed by atoms with Crippen LogP contribution in [0.1, 0.15) is 51.4 Å². The average molecular weight is 428 g/mol. The van der Waals surface area contributed by atoms with Crippen LogP contribution in [-0.4, -0.2) is 10.9 Å². The van der Waals surface area contributed by atoms with E-state index in [0.29, 0.717) is 41.7 Å². The topological polar surface area (TPSA) is 80.7 Å². The summed E-state index contributed by atoms with van der Waals surface area (Å²) < 4.78 is 12.4. The molecule has 162 valence electrons. The lowest BCUT2D eigenvalue weighted by atomic mass is 9.68. The fourth-order valence-electron chi connectivity index (χ4n) is 5.00. The molecule has 0 spiro atoms. The highest BCUT2D eigenvalue weighted by Gasteiger charge is 2.48. The number of rotatable bonds is 4. The highest BCUT2D eigenvalue weighted by atomic mass is 16.4. The quantitative estimate of drug-likeness (QED) is 0.400. The molecule has 0 saturated heterocycles. The molecule has 1 aliphatic carbocycles. The first-order valence-corrected chi connectivity index (χ1v) is 11.0. The molecule has 5 heteroatoms. The van der Waals surface area contributed by atoms with Crippen LogP contribution in [0, 0.1) is 0 Å². The van der Waals surface area contributed by atoms with E-state index in [-0.39, 0.29) is 28.3 Å². The molecule has 2 aromatic heterocycles. The van der Waals surface area contributed by atoms with Crippen LogP contribution in [0.25, 0.3) is 39.0 Å². The number of aliphatic hydroxyl groups is 1. The number of para-hydroxylation sites is 2. The molecule has 5 rings (SSSR count). The van der Waals surface area contributed by atoms with Crippen molar-refractivity contribution in [2.75, 3.05) is 0 Å². The zero-order valence-corrected chi connectivity index (χ0v) is 18.3. The van der Waals surface area contributed by atoms with Gasteiger partial charge in [-0.05, 0) is 31.4 Å². The summed E-state index contributed by atoms with van der Waals surface area (Å²) in [6.45, 7) is 5.63. The van der Waals surface area contributed by atoms with E-state index in [1.54, 1.807) is 0 Å². The molecule has 5 nitrogen and oxygen atoms in total. The van der Waals surface area contributed by atoms with Gasteiger partial charge in [-0.15, -0.1) is 0 Å². The Balaban J connectivity index is 1.85. The third-order valence-electron chi connectivity index (χ3n) is 6.84. The van der Waals surface area contributed by atoms with Gasteiger partial charge >= 0.3 is 0 Å². The largest absolute Gasteiger partial charge is 0.507 e. The van der Waals surface area contributed by atoms with E-state index < -0.39 is 5.41 Å². The highest BCUT2D eigenvalue weighted by molar-refractivity contribution is 6.11. The highest BCUT2D eigenvalue weighted by Crippen LogP contribution is 2.45. The molecule has 1 N–H and O–H groups in total. The summed E-state index contributed by atoms with van der Waals surface area (Å²) in [5.41, 5.74) is 1.05. The molecular formula is C27H24O5. The van der Waals surface area contributed by atoms with Gasteiger partial charge in [-0.1, -0.05) is 51.1 Å². The number of fused-ring (bicyclic) bond motifs is 4. The molecule has 0 aliphatic heterocycles. The summed E-state index contributed by atoms with van der Waals surface area (Å²) in [5.74, 6) is 0.146. The lowest BCUT2D eigenvalue weighted by molar-refractivity contribution is -0.122. The van der Waals surface area contributed by atoms with Crippen molar-refractivity contribution in [3.8, 4) is 11.3 Å². The summed E-state index contributed by atoms with van der Waals surface area (Å²) in [4.78, 5) is 26.7. The fourth-order valence-corrected chi connectivity index (χ4v) is 5.00. The third-order valence-corrected chi connectivity index (χ3v) is 6.84. The summed E-state index contributed by atoms with van der Waals surface area (Å²) >= 11 is 0. The molecule has 0 unspecified atom stereocenters. The van der Waals surface area contributed by atoms with Crippen molar-refractivity contribution in [1.29, 1.82) is 0 Å². The molecule has 4 aromatic rings. The summed E-state index contributed by atoms with van der Waals surface area (Å²) in [6.07, 6.45) is 1.28. The molecule has 1 aliphatic rings. The number of ketones is 1. The van der Waals surface area contributed by atoms with Gasteiger partial charge in [-0.3, -0.25) is 9.59 Å². The van der Waals surface area contributed by atoms with Crippen LogP contribution in [-0.2, 0) is 10.2 Å². The van der Waals surface area contributed by atoms with Crippen LogP contribution in [0.2, 0.25) is 0 Å². The smallest absolute Gasteiger partial charge is 0.196 e. The number of hydrogen-bond acceptors (Lipinski definition) is 5. The normalized spacial score (nSPS) is 15.5. The SMILES string of the molecule is CCC1=C(O)c2c(oc(-c3cccc4c3oc3ccccc34)cc2=O)C(CC)(CC)C1=O. The van der Waals surface area contributed by atoms with Gasteiger partial charge in [0.1, 0.15) is 34.0 Å². The van der Waals surface area contributed by atoms with Gasteiger partial charge in [0.2, 0.25) is 0 Å². The lowest BCUT2D eigenvalue weighted by Crippen LogP contribution is -2.41. The van der Waals surface area contributed by atoms with E-state index in [1.807, 2.05) is 63.2 Å². The molecule has 0 amide bonds. The Morgan fingerprint density at radius 2 is 1.62 bits per heavy atom. The van der Waals surface area contributed by atoms with Gasteiger partial charge in [-0.2, -0.15) is 0 Å². The Labute approximate surface area is 185 Å². The number of carbonyl (C=O) groups is 1. The molecule has 0 saturated carbocycles. The number of benzene rings is 2. The van der Waals surface area contributed by atoms with E-state index in [4.69, 9.17) is 8.83 Å². The molecule has 0 radical (unpaired) electrons. The van der Waals surface area contributed by atoms with E-state index in [9.17, 15) is 14.7 Å². The Kier molecular flexibility index (Phi) is 4.59. The van der Waals surface area contributed by atoms with Crippen LogP contribution in [0.4, 0.5) is 0 Å². The Hall–Kier alpha value is -3.60. The van der Waals surface area contributed by atoms with Crippen molar-refractivity contribution in [2.24, 2.45) is 0 Å². The first-order chi connectivity index (χ1) is 15.5. The summed E-state index contributed by atoms with van der Waals surface area (Å²) in [6, 6.07) is 14.8. The van der Waals surface area contributed by atoms with Crippen molar-refractivity contribution in [1.82, 2.24) is 0 Å². The van der Waals surface area contributed by atoms with Crippen molar-refractivity contribution in [3.63, 3.8) is 0 Å². The van der Waals surface area contributed by atoms with Crippen molar-refractivity contribution in [2.45, 2.75) is 45.4 Å². The van der Waals surface area contributed by atoms with Gasteiger partial charge in [0.05, 0.1) is 11.0 Å². The fraction of sp³-hybridized carbons (Fsp3) is 0.259. The van der Waals surface area contributed by atoms with E-state index in [1.165, 1.54) is 6.07 Å². The van der Waals surface area contributed by atoms with Gasteiger partial charge in [-0.25, -0.2) is 0 Å². The number of furan rings is 1. The minimum atomic E-state index is -0.982. The van der Waals surface area contributed by atoms with E-state index in [0.717, 1.165) is 16.4 Å². The van der Waals surface area contributed by atoms with Crippen LogP contribution >= 0.6 is 0 Å². The van der Waals surface area contributed by atoms with E-state index in [2.05, 4.69) is 0 Å². The van der Waals surface area contributed by atoms with Crippen LogP contribution < -0.4 is 5.43 Å². The zero-order valence-electron chi connectivity index (χ0n) is 18.3. The number of carbonyl (C=O) groups excluding carboxylic acids is 1. The third kappa shape index (κ3) is 2.57. The Bertz CT molecular complexity index is 1480. The van der Waals surface area contributed by atoms with Gasteiger partial charge in [0, 0.05) is 22.4 Å². The number of hydrogen-bond donors (Lipinski definition) is 1. The number of Topliss-reactive ketones (excluding diaryl/α,β-unsaturated/α-hetero) is 1. The minimum absolute atomic E-state index is 0.102. The van der Waals surface area contributed by atoms with Crippen molar-refractivity contribution in [3.05, 3.63) is 75.7 Å². The Morgan fingerprint density at radius 3 is 2.34 bits per heavy atom. The first-order valence-electron chi connectivity index (χ1n) is 11.0. The second kappa shape index (κ2) is 7.23. The van der Waals surface area contributed by atoms with Crippen molar-refractivity contribution < 1.29 is 18.7 Å². The average Bonchev–Trinajstić information content (AvgIpc) is 3.19. The minimum Gasteiger partial charge on any atom is -0.507 e. The molecule has 0 fully saturated rings. The van der Waals surface area contributed by atoms with Crippen LogP contribution in [0.5, 0.6) is 0 Å². The predicted molar refractivity (Wildman–Crippen MR) is 125 cm³/mol. The Morgan fingerprint density at radius 1 is 0.906 bits per heavy atom. The van der Waals surface area contributed by atoms with Crippen LogP contribution in [0.3, 0.4) is 0 Å². The number of allylic oxidation sites excluding steroid dienone is 1. The predicted octanol–water partition coefficient (Wildman–Crippen LogP) is 6.53. The maximum Gasteiger partial charge on any atom is 0.196 e. The summed E-state index contributed by atoms with van der Waals surface area (Å²) in [7, 11) is 0. The maximum atomic E-state index is 13.4. The zero-order chi connectivity index (χ0) is 22.6. The van der Waals surface area contributed by atoms with Gasteiger partial charge in [0.25, 0.3) is 0 Å². The molecule has 2 heterocycles.